The Hall–Kier alpha value is -0.520. The van der Waals surface area contributed by atoms with Gasteiger partial charge < -0.3 is 5.32 Å². The number of hydrogen-bond donors (Lipinski definition) is 1. The Morgan fingerprint density at radius 1 is 1.59 bits per heavy atom. The summed E-state index contributed by atoms with van der Waals surface area (Å²) in [6.07, 6.45) is 5.10. The third-order valence-electron chi connectivity index (χ3n) is 2.86. The maximum atomic E-state index is 12.1. The van der Waals surface area contributed by atoms with Crippen LogP contribution in [0.3, 0.4) is 0 Å². The highest BCUT2D eigenvalue weighted by Crippen LogP contribution is 2.14. The molecule has 2 rings (SSSR count). The summed E-state index contributed by atoms with van der Waals surface area (Å²) in [4.78, 5) is 8.15. The van der Waals surface area contributed by atoms with Gasteiger partial charge in [-0.05, 0) is 26.3 Å². The quantitative estimate of drug-likeness (QED) is 0.673. The smallest absolute Gasteiger partial charge is 0.219 e. The molecule has 0 spiro atoms. The van der Waals surface area contributed by atoms with Crippen LogP contribution < -0.4 is 5.32 Å². The summed E-state index contributed by atoms with van der Waals surface area (Å²) in [5.74, 6) is 0.569. The fourth-order valence-electron chi connectivity index (χ4n) is 1.84. The molecule has 6 heteroatoms. The molecule has 1 N–H and O–H groups in total. The number of nitrogens with one attached hydrogen (secondary N) is 1. The average molecular weight is 274 g/mol. The van der Waals surface area contributed by atoms with E-state index in [1.165, 1.54) is 12.8 Å². The van der Waals surface area contributed by atoms with Gasteiger partial charge in [0.2, 0.25) is 5.16 Å². The average Bonchev–Trinajstić information content (AvgIpc) is 2.34. The molecule has 0 unspecified atom stereocenters. The molecule has 94 valence electrons. The van der Waals surface area contributed by atoms with E-state index in [2.05, 4.69) is 15.3 Å². The molecular weight excluding hydrogens is 258 g/mol. The molecule has 0 aliphatic carbocycles. The maximum Gasteiger partial charge on any atom is 0.219 e. The van der Waals surface area contributed by atoms with Crippen molar-refractivity contribution in [3.8, 4) is 0 Å². The van der Waals surface area contributed by atoms with Gasteiger partial charge in [0.15, 0.2) is 0 Å². The molecule has 1 aromatic heterocycles. The van der Waals surface area contributed by atoms with Crippen molar-refractivity contribution in [2.24, 2.45) is 0 Å². The summed E-state index contributed by atoms with van der Waals surface area (Å²) >= 11 is 5.90. The molecule has 0 bridgehead atoms. The van der Waals surface area contributed by atoms with Gasteiger partial charge in [-0.25, -0.2) is 9.97 Å². The van der Waals surface area contributed by atoms with Gasteiger partial charge in [0.1, 0.15) is 5.15 Å². The number of rotatable bonds is 3. The van der Waals surface area contributed by atoms with Crippen LogP contribution in [0.25, 0.3) is 0 Å². The molecule has 0 aromatic carbocycles. The van der Waals surface area contributed by atoms with Gasteiger partial charge in [0, 0.05) is 23.6 Å². The van der Waals surface area contributed by atoms with Crippen LogP contribution in [0, 0.1) is 6.92 Å². The summed E-state index contributed by atoms with van der Waals surface area (Å²) in [5.41, 5.74) is 0.809. The van der Waals surface area contributed by atoms with Crippen LogP contribution in [-0.4, -0.2) is 32.5 Å². The Kier molecular flexibility index (Phi) is 4.48. The number of halogens is 1. The number of piperidine rings is 1. The molecule has 2 atom stereocenters. The van der Waals surface area contributed by atoms with Gasteiger partial charge in [0.25, 0.3) is 0 Å². The molecule has 0 amide bonds. The second-order valence-corrected chi connectivity index (χ2v) is 6.03. The largest absolute Gasteiger partial charge is 0.313 e. The van der Waals surface area contributed by atoms with Crippen molar-refractivity contribution in [3.63, 3.8) is 0 Å². The summed E-state index contributed by atoms with van der Waals surface area (Å²) in [6, 6.07) is 0.313. The van der Waals surface area contributed by atoms with Gasteiger partial charge in [0.05, 0.1) is 10.8 Å². The van der Waals surface area contributed by atoms with E-state index in [-0.39, 0.29) is 0 Å². The van der Waals surface area contributed by atoms with Crippen molar-refractivity contribution in [1.82, 2.24) is 15.3 Å². The second-order valence-electron chi connectivity index (χ2n) is 4.29. The first kappa shape index (κ1) is 12.9. The SMILES string of the molecule is Cc1cnc([S@@](=O)C[C@H]2CCCCN2)nc1Cl. The molecule has 1 aliphatic rings. The molecule has 1 saturated heterocycles. The minimum atomic E-state index is -1.17. The van der Waals surface area contributed by atoms with E-state index in [0.29, 0.717) is 22.1 Å². The highest BCUT2D eigenvalue weighted by atomic mass is 35.5. The van der Waals surface area contributed by atoms with Gasteiger partial charge in [-0.3, -0.25) is 4.21 Å². The zero-order valence-corrected chi connectivity index (χ0v) is 11.4. The molecule has 2 heterocycles. The number of aromatic nitrogens is 2. The van der Waals surface area contributed by atoms with Crippen LogP contribution >= 0.6 is 11.6 Å². The molecule has 1 fully saturated rings. The van der Waals surface area contributed by atoms with Gasteiger partial charge in [-0.2, -0.15) is 0 Å². The summed E-state index contributed by atoms with van der Waals surface area (Å²) in [7, 11) is -1.17. The fourth-order valence-corrected chi connectivity index (χ4v) is 3.18. The molecule has 4 nitrogen and oxygen atoms in total. The summed E-state index contributed by atoms with van der Waals surface area (Å²) < 4.78 is 12.1. The van der Waals surface area contributed by atoms with E-state index in [4.69, 9.17) is 11.6 Å². The van der Waals surface area contributed by atoms with E-state index in [0.717, 1.165) is 18.5 Å². The lowest BCUT2D eigenvalue weighted by molar-refractivity contribution is 0.427. The zero-order chi connectivity index (χ0) is 12.3. The van der Waals surface area contributed by atoms with Crippen LogP contribution in [-0.2, 0) is 10.8 Å². The molecule has 17 heavy (non-hydrogen) atoms. The Morgan fingerprint density at radius 3 is 3.06 bits per heavy atom. The van der Waals surface area contributed by atoms with E-state index in [9.17, 15) is 4.21 Å². The predicted molar refractivity (Wildman–Crippen MR) is 68.7 cm³/mol. The molecule has 1 aliphatic heterocycles. The van der Waals surface area contributed by atoms with Gasteiger partial charge in [-0.15, -0.1) is 0 Å². The topological polar surface area (TPSA) is 54.9 Å². The zero-order valence-electron chi connectivity index (χ0n) is 9.78. The van der Waals surface area contributed by atoms with E-state index >= 15 is 0 Å². The lowest BCUT2D eigenvalue weighted by Gasteiger charge is -2.22. The maximum absolute atomic E-state index is 12.1. The third kappa shape index (κ3) is 3.47. The van der Waals surface area contributed by atoms with Crippen molar-refractivity contribution >= 4 is 22.4 Å². The van der Waals surface area contributed by atoms with E-state index in [1.54, 1.807) is 6.20 Å². The number of nitrogens with zero attached hydrogens (tertiary/aromatic N) is 2. The van der Waals surface area contributed by atoms with Crippen molar-refractivity contribution in [1.29, 1.82) is 0 Å². The van der Waals surface area contributed by atoms with Crippen LogP contribution in [0.2, 0.25) is 5.15 Å². The lowest BCUT2D eigenvalue weighted by Crippen LogP contribution is -2.38. The van der Waals surface area contributed by atoms with Crippen molar-refractivity contribution < 1.29 is 4.21 Å². The van der Waals surface area contributed by atoms with Crippen molar-refractivity contribution in [2.75, 3.05) is 12.3 Å². The normalized spacial score (nSPS) is 22.4. The monoisotopic (exact) mass is 273 g/mol. The summed E-state index contributed by atoms with van der Waals surface area (Å²) in [6.45, 7) is 2.84. The highest BCUT2D eigenvalue weighted by Gasteiger charge is 2.18. The molecule has 0 radical (unpaired) electrons. The Balaban J connectivity index is 2.01. The van der Waals surface area contributed by atoms with Crippen molar-refractivity contribution in [3.05, 3.63) is 16.9 Å². The second kappa shape index (κ2) is 5.89. The minimum Gasteiger partial charge on any atom is -0.313 e. The van der Waals surface area contributed by atoms with E-state index < -0.39 is 10.8 Å². The van der Waals surface area contributed by atoms with Gasteiger partial charge >= 0.3 is 0 Å². The molecular formula is C11H16ClN3OS. The van der Waals surface area contributed by atoms with E-state index in [1.807, 2.05) is 6.92 Å². The standard InChI is InChI=1S/C11H16ClN3OS/c1-8-6-14-11(15-10(8)12)17(16)7-9-4-2-3-5-13-9/h6,9,13H,2-5,7H2,1H3/t9-,17+/m1/s1. The van der Waals surface area contributed by atoms with Crippen LogP contribution in [0.1, 0.15) is 24.8 Å². The predicted octanol–water partition coefficient (Wildman–Crippen LogP) is 1.69. The lowest BCUT2D eigenvalue weighted by atomic mass is 10.1. The van der Waals surface area contributed by atoms with Gasteiger partial charge in [-0.1, -0.05) is 18.0 Å². The highest BCUT2D eigenvalue weighted by molar-refractivity contribution is 7.84. The fraction of sp³-hybridized carbons (Fsp3) is 0.636. The van der Waals surface area contributed by atoms with Crippen LogP contribution in [0.15, 0.2) is 11.4 Å². The molecule has 1 aromatic rings. The van der Waals surface area contributed by atoms with Crippen molar-refractivity contribution in [2.45, 2.75) is 37.4 Å². The first-order valence-electron chi connectivity index (χ1n) is 5.77. The van der Waals surface area contributed by atoms with Crippen LogP contribution in [0.5, 0.6) is 0 Å². The Bertz CT molecular complexity index is 421. The minimum absolute atomic E-state index is 0.313. The first-order valence-corrected chi connectivity index (χ1v) is 7.47. The summed E-state index contributed by atoms with van der Waals surface area (Å²) in [5, 5.41) is 4.09. The Morgan fingerprint density at radius 2 is 2.41 bits per heavy atom. The number of hydrogen-bond acceptors (Lipinski definition) is 4. The van der Waals surface area contributed by atoms with Crippen LogP contribution in [0.4, 0.5) is 0 Å². The third-order valence-corrected chi connectivity index (χ3v) is 4.55. The molecule has 0 saturated carbocycles. The first-order chi connectivity index (χ1) is 8.16. The Labute approximate surface area is 109 Å². The number of aryl methyl sites for hydroxylation is 1.